The molecule has 0 radical (unpaired) electrons. The second-order valence-corrected chi connectivity index (χ2v) is 4.56. The molecule has 0 fully saturated rings. The Morgan fingerprint density at radius 3 is 2.50 bits per heavy atom. The van der Waals surface area contributed by atoms with E-state index in [9.17, 15) is 0 Å². The smallest absolute Gasteiger partial charge is 0.0710 e. The predicted octanol–water partition coefficient (Wildman–Crippen LogP) is 2.66. The maximum absolute atomic E-state index is 5.66. The highest BCUT2D eigenvalue weighted by atomic mass is 16.5. The maximum Gasteiger partial charge on any atom is 0.0710 e. The van der Waals surface area contributed by atoms with Gasteiger partial charge in [-0.3, -0.25) is 0 Å². The number of hydrogen-bond acceptors (Lipinski definition) is 3. The number of unbranched alkanes of at least 4 members (excludes halogenated alkanes) is 1. The number of ether oxygens (including phenoxy) is 1. The second-order valence-electron chi connectivity index (χ2n) is 4.56. The average molecular weight is 250 g/mol. The molecule has 3 heteroatoms. The third-order valence-corrected chi connectivity index (χ3v) is 3.22. The molecule has 0 aliphatic carbocycles. The summed E-state index contributed by atoms with van der Waals surface area (Å²) in [5.41, 5.74) is 6.95. The lowest BCUT2D eigenvalue weighted by Crippen LogP contribution is -2.31. The van der Waals surface area contributed by atoms with Crippen molar-refractivity contribution >= 4 is 5.69 Å². The van der Waals surface area contributed by atoms with Crippen molar-refractivity contribution in [2.75, 3.05) is 31.6 Å². The van der Waals surface area contributed by atoms with E-state index in [0.29, 0.717) is 6.54 Å². The van der Waals surface area contributed by atoms with Crippen molar-refractivity contribution < 1.29 is 4.74 Å². The van der Waals surface area contributed by atoms with Gasteiger partial charge < -0.3 is 15.4 Å². The molecule has 0 saturated heterocycles. The molecule has 1 rings (SSSR count). The lowest BCUT2D eigenvalue weighted by atomic mass is 10.2. The van der Waals surface area contributed by atoms with Crippen LogP contribution in [0, 0.1) is 0 Å². The molecule has 0 spiro atoms. The van der Waals surface area contributed by atoms with E-state index in [4.69, 9.17) is 10.5 Å². The van der Waals surface area contributed by atoms with Crippen molar-refractivity contribution in [3.8, 4) is 0 Å². The SMILES string of the molecule is CCCCN(CCC(CN)OC)c1ccccc1. The van der Waals surface area contributed by atoms with Crippen LogP contribution in [0.4, 0.5) is 5.69 Å². The number of methoxy groups -OCH3 is 1. The van der Waals surface area contributed by atoms with Crippen molar-refractivity contribution in [1.82, 2.24) is 0 Å². The topological polar surface area (TPSA) is 38.5 Å². The number of para-hydroxylation sites is 1. The van der Waals surface area contributed by atoms with Gasteiger partial charge in [-0.05, 0) is 25.0 Å². The van der Waals surface area contributed by atoms with Crippen molar-refractivity contribution in [1.29, 1.82) is 0 Å². The average Bonchev–Trinajstić information content (AvgIpc) is 2.44. The Labute approximate surface area is 111 Å². The summed E-state index contributed by atoms with van der Waals surface area (Å²) in [6.07, 6.45) is 3.58. The molecule has 0 aromatic heterocycles. The summed E-state index contributed by atoms with van der Waals surface area (Å²) >= 11 is 0. The zero-order valence-corrected chi connectivity index (χ0v) is 11.6. The summed E-state index contributed by atoms with van der Waals surface area (Å²) in [5.74, 6) is 0. The van der Waals surface area contributed by atoms with Gasteiger partial charge in [0.2, 0.25) is 0 Å². The van der Waals surface area contributed by atoms with Crippen LogP contribution in [-0.2, 0) is 4.74 Å². The molecule has 0 aliphatic heterocycles. The third kappa shape index (κ3) is 5.07. The summed E-state index contributed by atoms with van der Waals surface area (Å²) < 4.78 is 5.34. The fraction of sp³-hybridized carbons (Fsp3) is 0.600. The van der Waals surface area contributed by atoms with Crippen molar-refractivity contribution in [2.24, 2.45) is 5.73 Å². The van der Waals surface area contributed by atoms with Gasteiger partial charge in [-0.15, -0.1) is 0 Å². The lowest BCUT2D eigenvalue weighted by Gasteiger charge is -2.26. The second kappa shape index (κ2) is 8.95. The van der Waals surface area contributed by atoms with E-state index in [1.807, 2.05) is 0 Å². The largest absolute Gasteiger partial charge is 0.380 e. The van der Waals surface area contributed by atoms with Crippen LogP contribution >= 0.6 is 0 Å². The van der Waals surface area contributed by atoms with Gasteiger partial charge in [0, 0.05) is 32.4 Å². The highest BCUT2D eigenvalue weighted by Gasteiger charge is 2.10. The van der Waals surface area contributed by atoms with Gasteiger partial charge in [0.1, 0.15) is 0 Å². The number of benzene rings is 1. The Kier molecular flexibility index (Phi) is 7.46. The van der Waals surface area contributed by atoms with Crippen molar-refractivity contribution in [3.63, 3.8) is 0 Å². The molecule has 18 heavy (non-hydrogen) atoms. The third-order valence-electron chi connectivity index (χ3n) is 3.22. The van der Waals surface area contributed by atoms with Gasteiger partial charge in [0.25, 0.3) is 0 Å². The normalized spacial score (nSPS) is 12.4. The minimum atomic E-state index is 0.165. The van der Waals surface area contributed by atoms with Crippen molar-refractivity contribution in [3.05, 3.63) is 30.3 Å². The van der Waals surface area contributed by atoms with E-state index < -0.39 is 0 Å². The highest BCUT2D eigenvalue weighted by molar-refractivity contribution is 5.45. The van der Waals surface area contributed by atoms with Gasteiger partial charge in [0.05, 0.1) is 6.10 Å². The Balaban J connectivity index is 2.56. The van der Waals surface area contributed by atoms with E-state index in [1.165, 1.54) is 18.5 Å². The standard InChI is InChI=1S/C15H26N2O/c1-3-4-11-17(12-10-15(13-16)18-2)14-8-6-5-7-9-14/h5-9,15H,3-4,10-13,16H2,1-2H3. The molecular formula is C15H26N2O. The Morgan fingerprint density at radius 1 is 1.22 bits per heavy atom. The number of anilines is 1. The zero-order chi connectivity index (χ0) is 13.2. The molecule has 102 valence electrons. The minimum Gasteiger partial charge on any atom is -0.380 e. The summed E-state index contributed by atoms with van der Waals surface area (Å²) in [5, 5.41) is 0. The van der Waals surface area contributed by atoms with Crippen LogP contribution in [0.5, 0.6) is 0 Å². The predicted molar refractivity (Wildman–Crippen MR) is 78.0 cm³/mol. The van der Waals surface area contributed by atoms with Crippen LogP contribution in [0.2, 0.25) is 0 Å². The first-order chi connectivity index (χ1) is 8.81. The van der Waals surface area contributed by atoms with Crippen LogP contribution in [0.25, 0.3) is 0 Å². The molecule has 0 saturated carbocycles. The van der Waals surface area contributed by atoms with Crippen LogP contribution in [0.1, 0.15) is 26.2 Å². The Morgan fingerprint density at radius 2 is 1.94 bits per heavy atom. The fourth-order valence-corrected chi connectivity index (χ4v) is 1.99. The molecular weight excluding hydrogens is 224 g/mol. The lowest BCUT2D eigenvalue weighted by molar-refractivity contribution is 0.104. The molecule has 1 aromatic rings. The first-order valence-electron chi connectivity index (χ1n) is 6.84. The molecule has 0 bridgehead atoms. The van der Waals surface area contributed by atoms with E-state index in [0.717, 1.165) is 19.5 Å². The van der Waals surface area contributed by atoms with Crippen LogP contribution in [0.3, 0.4) is 0 Å². The highest BCUT2D eigenvalue weighted by Crippen LogP contribution is 2.15. The quantitative estimate of drug-likeness (QED) is 0.732. The van der Waals surface area contributed by atoms with Crippen LogP contribution in [-0.4, -0.2) is 32.8 Å². The summed E-state index contributed by atoms with van der Waals surface area (Å²) in [6, 6.07) is 10.6. The summed E-state index contributed by atoms with van der Waals surface area (Å²) in [7, 11) is 1.73. The van der Waals surface area contributed by atoms with E-state index in [1.54, 1.807) is 7.11 Å². The monoisotopic (exact) mass is 250 g/mol. The molecule has 1 atom stereocenters. The number of nitrogens with two attached hydrogens (primary N) is 1. The van der Waals surface area contributed by atoms with Gasteiger partial charge in [-0.25, -0.2) is 0 Å². The van der Waals surface area contributed by atoms with E-state index in [2.05, 4.69) is 42.2 Å². The summed E-state index contributed by atoms with van der Waals surface area (Å²) in [4.78, 5) is 2.42. The van der Waals surface area contributed by atoms with Crippen LogP contribution < -0.4 is 10.6 Å². The van der Waals surface area contributed by atoms with Gasteiger partial charge in [0.15, 0.2) is 0 Å². The van der Waals surface area contributed by atoms with E-state index >= 15 is 0 Å². The van der Waals surface area contributed by atoms with Gasteiger partial charge >= 0.3 is 0 Å². The molecule has 0 heterocycles. The maximum atomic E-state index is 5.66. The molecule has 0 aliphatic rings. The molecule has 1 unspecified atom stereocenters. The molecule has 1 aromatic carbocycles. The van der Waals surface area contributed by atoms with Gasteiger partial charge in [-0.1, -0.05) is 31.5 Å². The van der Waals surface area contributed by atoms with Crippen molar-refractivity contribution in [2.45, 2.75) is 32.3 Å². The van der Waals surface area contributed by atoms with Crippen LogP contribution in [0.15, 0.2) is 30.3 Å². The molecule has 3 nitrogen and oxygen atoms in total. The van der Waals surface area contributed by atoms with E-state index in [-0.39, 0.29) is 6.10 Å². The van der Waals surface area contributed by atoms with Gasteiger partial charge in [-0.2, -0.15) is 0 Å². The Hall–Kier alpha value is -1.06. The first-order valence-corrected chi connectivity index (χ1v) is 6.84. The summed E-state index contributed by atoms with van der Waals surface area (Å²) in [6.45, 7) is 4.91. The number of hydrogen-bond donors (Lipinski definition) is 1. The molecule has 0 amide bonds. The zero-order valence-electron chi connectivity index (χ0n) is 11.6. The first kappa shape index (κ1) is 15.0. The number of nitrogens with zero attached hydrogens (tertiary/aromatic N) is 1. The fourth-order valence-electron chi connectivity index (χ4n) is 1.99. The number of rotatable bonds is 9. The molecule has 2 N–H and O–H groups in total. The Bertz CT molecular complexity index is 299. The minimum absolute atomic E-state index is 0.165.